The number of nitrogens with two attached hydrogens (primary N) is 1. The van der Waals surface area contributed by atoms with Crippen LogP contribution in [0.15, 0.2) is 12.4 Å². The van der Waals surface area contributed by atoms with E-state index >= 15 is 0 Å². The van der Waals surface area contributed by atoms with Crippen molar-refractivity contribution >= 4 is 21.4 Å². The highest BCUT2D eigenvalue weighted by Gasteiger charge is 2.25. The molecule has 3 N–H and O–H groups in total. The Hall–Kier alpha value is -1.75. The Kier molecular flexibility index (Phi) is 4.47. The van der Waals surface area contributed by atoms with Gasteiger partial charge >= 0.3 is 0 Å². The minimum Gasteiger partial charge on any atom is -0.389 e. The third kappa shape index (κ3) is 3.22. The first-order valence-corrected chi connectivity index (χ1v) is 9.58. The lowest BCUT2D eigenvalue weighted by Crippen LogP contribution is -2.48. The van der Waals surface area contributed by atoms with Crippen LogP contribution in [0.25, 0.3) is 5.52 Å². The molecule has 1 aliphatic heterocycles. The Morgan fingerprint density at radius 2 is 2.00 bits per heavy atom. The molecule has 0 aliphatic carbocycles. The molecule has 0 saturated carbocycles. The zero-order chi connectivity index (χ0) is 17.5. The van der Waals surface area contributed by atoms with Crippen molar-refractivity contribution in [1.82, 2.24) is 23.8 Å². The summed E-state index contributed by atoms with van der Waals surface area (Å²) in [5, 5.41) is 14.3. The number of rotatable bonds is 4. The number of aliphatic hydroxyl groups excluding tert-OH is 1. The summed E-state index contributed by atoms with van der Waals surface area (Å²) in [7, 11) is -3.15. The predicted octanol–water partition coefficient (Wildman–Crippen LogP) is -0.558. The molecule has 0 spiro atoms. The standard InChI is InChI=1S/C14H22N6O3S/c1-10(21)11-7-12-14(15)16-9-17-20(12)13(11)8-18-3-5-19(6-4-18)24(2,22)23/h7,9-10,21H,3-6,8H2,1-2H3,(H2,15,16,17). The predicted molar refractivity (Wildman–Crippen MR) is 89.7 cm³/mol. The lowest BCUT2D eigenvalue weighted by atomic mass is 10.1. The van der Waals surface area contributed by atoms with E-state index in [1.807, 2.05) is 6.07 Å². The summed E-state index contributed by atoms with van der Waals surface area (Å²) in [5.41, 5.74) is 8.17. The molecule has 132 valence electrons. The fraction of sp³-hybridized carbons (Fsp3) is 0.571. The summed E-state index contributed by atoms with van der Waals surface area (Å²) in [4.78, 5) is 6.13. The molecule has 1 atom stereocenters. The van der Waals surface area contributed by atoms with Gasteiger partial charge in [0.1, 0.15) is 11.8 Å². The molecule has 10 heteroatoms. The van der Waals surface area contributed by atoms with E-state index in [1.54, 1.807) is 11.4 Å². The third-order valence-corrected chi connectivity index (χ3v) is 5.66. The number of aromatic nitrogens is 3. The molecule has 2 aromatic heterocycles. The van der Waals surface area contributed by atoms with Crippen LogP contribution in [0.1, 0.15) is 24.3 Å². The first-order chi connectivity index (χ1) is 11.3. The van der Waals surface area contributed by atoms with Gasteiger partial charge in [-0.2, -0.15) is 9.40 Å². The molecule has 0 bridgehead atoms. The van der Waals surface area contributed by atoms with E-state index in [9.17, 15) is 13.5 Å². The maximum Gasteiger partial charge on any atom is 0.211 e. The molecular formula is C14H22N6O3S. The second-order valence-corrected chi connectivity index (χ2v) is 8.09. The Balaban J connectivity index is 1.85. The van der Waals surface area contributed by atoms with Crippen LogP contribution < -0.4 is 5.73 Å². The highest BCUT2D eigenvalue weighted by molar-refractivity contribution is 7.88. The molecule has 3 rings (SSSR count). The second-order valence-electron chi connectivity index (χ2n) is 6.10. The molecule has 1 saturated heterocycles. The number of piperazine rings is 1. The lowest BCUT2D eigenvalue weighted by Gasteiger charge is -2.33. The van der Waals surface area contributed by atoms with Crippen LogP contribution in [0.2, 0.25) is 0 Å². The first kappa shape index (κ1) is 17.1. The number of hydrogen-bond donors (Lipinski definition) is 2. The van der Waals surface area contributed by atoms with Gasteiger partial charge in [0, 0.05) is 38.3 Å². The number of fused-ring (bicyclic) bond motifs is 1. The number of nitrogen functional groups attached to an aromatic ring is 1. The number of anilines is 1. The maximum absolute atomic E-state index is 11.6. The second kappa shape index (κ2) is 6.28. The van der Waals surface area contributed by atoms with Crippen LogP contribution in [0, 0.1) is 0 Å². The van der Waals surface area contributed by atoms with Gasteiger partial charge in [-0.3, -0.25) is 4.90 Å². The van der Waals surface area contributed by atoms with Gasteiger partial charge in [0.2, 0.25) is 10.0 Å². The van der Waals surface area contributed by atoms with Gasteiger partial charge in [-0.1, -0.05) is 0 Å². The van der Waals surface area contributed by atoms with Gasteiger partial charge in [-0.05, 0) is 13.0 Å². The van der Waals surface area contributed by atoms with Crippen LogP contribution >= 0.6 is 0 Å². The first-order valence-electron chi connectivity index (χ1n) is 7.74. The van der Waals surface area contributed by atoms with Gasteiger partial charge in [-0.25, -0.2) is 17.9 Å². The Morgan fingerprint density at radius 1 is 1.33 bits per heavy atom. The molecule has 0 radical (unpaired) electrons. The molecule has 0 aromatic carbocycles. The highest BCUT2D eigenvalue weighted by atomic mass is 32.2. The van der Waals surface area contributed by atoms with Gasteiger partial charge < -0.3 is 10.8 Å². The summed E-state index contributed by atoms with van der Waals surface area (Å²) in [6, 6.07) is 1.81. The number of sulfonamides is 1. The van der Waals surface area contributed by atoms with Crippen molar-refractivity contribution in [2.45, 2.75) is 19.6 Å². The molecular weight excluding hydrogens is 332 g/mol. The van der Waals surface area contributed by atoms with E-state index < -0.39 is 16.1 Å². The molecule has 2 aromatic rings. The molecule has 1 aliphatic rings. The summed E-state index contributed by atoms with van der Waals surface area (Å²) in [5.74, 6) is 0.361. The van der Waals surface area contributed by atoms with Crippen LogP contribution in [-0.2, 0) is 16.6 Å². The third-order valence-electron chi connectivity index (χ3n) is 4.36. The SMILES string of the molecule is CC(O)c1cc2c(N)ncnn2c1CN1CCN(S(C)(=O)=O)CC1. The Bertz CT molecular complexity index is 840. The fourth-order valence-electron chi connectivity index (χ4n) is 3.03. The summed E-state index contributed by atoms with van der Waals surface area (Å²) in [6.45, 7) is 4.43. The van der Waals surface area contributed by atoms with E-state index in [4.69, 9.17) is 5.73 Å². The van der Waals surface area contributed by atoms with Crippen molar-refractivity contribution in [3.63, 3.8) is 0 Å². The van der Waals surface area contributed by atoms with Crippen LogP contribution in [-0.4, -0.2) is 69.8 Å². The molecule has 1 fully saturated rings. The number of hydrogen-bond acceptors (Lipinski definition) is 7. The van der Waals surface area contributed by atoms with Crippen molar-refractivity contribution in [1.29, 1.82) is 0 Å². The average molecular weight is 354 g/mol. The average Bonchev–Trinajstić information content (AvgIpc) is 2.87. The summed E-state index contributed by atoms with van der Waals surface area (Å²) in [6.07, 6.45) is 1.96. The minimum atomic E-state index is -3.15. The molecule has 0 amide bonds. The van der Waals surface area contributed by atoms with Crippen LogP contribution in [0.4, 0.5) is 5.82 Å². The fourth-order valence-corrected chi connectivity index (χ4v) is 3.86. The zero-order valence-electron chi connectivity index (χ0n) is 13.8. The normalized spacial score (nSPS) is 19.0. The minimum absolute atomic E-state index is 0.361. The van der Waals surface area contributed by atoms with E-state index in [0.29, 0.717) is 44.1 Å². The molecule has 3 heterocycles. The largest absolute Gasteiger partial charge is 0.389 e. The van der Waals surface area contributed by atoms with Gasteiger partial charge in [-0.15, -0.1) is 0 Å². The topological polar surface area (TPSA) is 117 Å². The Morgan fingerprint density at radius 3 is 2.58 bits per heavy atom. The molecule has 24 heavy (non-hydrogen) atoms. The molecule has 1 unspecified atom stereocenters. The van der Waals surface area contributed by atoms with Crippen molar-refractivity contribution in [2.75, 3.05) is 38.2 Å². The van der Waals surface area contributed by atoms with Crippen LogP contribution in [0.5, 0.6) is 0 Å². The lowest BCUT2D eigenvalue weighted by molar-refractivity contribution is 0.172. The Labute approximate surface area is 140 Å². The van der Waals surface area contributed by atoms with Gasteiger partial charge in [0.25, 0.3) is 0 Å². The van der Waals surface area contributed by atoms with E-state index in [0.717, 1.165) is 11.3 Å². The van der Waals surface area contributed by atoms with Crippen molar-refractivity contribution < 1.29 is 13.5 Å². The highest BCUT2D eigenvalue weighted by Crippen LogP contribution is 2.26. The van der Waals surface area contributed by atoms with Crippen molar-refractivity contribution in [2.24, 2.45) is 0 Å². The van der Waals surface area contributed by atoms with Crippen molar-refractivity contribution in [3.8, 4) is 0 Å². The number of aliphatic hydroxyl groups is 1. The van der Waals surface area contributed by atoms with E-state index in [2.05, 4.69) is 15.0 Å². The number of nitrogens with zero attached hydrogens (tertiary/aromatic N) is 5. The van der Waals surface area contributed by atoms with Gasteiger partial charge in [0.15, 0.2) is 5.82 Å². The monoisotopic (exact) mass is 354 g/mol. The van der Waals surface area contributed by atoms with E-state index in [-0.39, 0.29) is 0 Å². The summed E-state index contributed by atoms with van der Waals surface area (Å²) >= 11 is 0. The smallest absolute Gasteiger partial charge is 0.211 e. The van der Waals surface area contributed by atoms with Gasteiger partial charge in [0.05, 0.1) is 18.1 Å². The van der Waals surface area contributed by atoms with Crippen molar-refractivity contribution in [3.05, 3.63) is 23.7 Å². The zero-order valence-corrected chi connectivity index (χ0v) is 14.6. The molecule has 9 nitrogen and oxygen atoms in total. The quantitative estimate of drug-likeness (QED) is 0.756. The summed E-state index contributed by atoms with van der Waals surface area (Å²) < 4.78 is 26.4. The van der Waals surface area contributed by atoms with E-state index in [1.165, 1.54) is 16.9 Å². The maximum atomic E-state index is 11.6. The van der Waals surface area contributed by atoms with Crippen LogP contribution in [0.3, 0.4) is 0 Å².